The molecule has 0 spiro atoms. The molecule has 1 fully saturated rings. The van der Waals surface area contributed by atoms with E-state index in [4.69, 9.17) is 16.3 Å². The van der Waals surface area contributed by atoms with Gasteiger partial charge < -0.3 is 25.3 Å². The maximum absolute atomic E-state index is 13.8. The van der Waals surface area contributed by atoms with Crippen molar-refractivity contribution < 1.29 is 14.3 Å². The lowest BCUT2D eigenvalue weighted by Crippen LogP contribution is -2.64. The van der Waals surface area contributed by atoms with Crippen LogP contribution in [0.4, 0.5) is 10.6 Å². The summed E-state index contributed by atoms with van der Waals surface area (Å²) in [6, 6.07) is 9.97. The van der Waals surface area contributed by atoms with Gasteiger partial charge in [0.25, 0.3) is 0 Å². The van der Waals surface area contributed by atoms with Crippen molar-refractivity contribution in [1.82, 2.24) is 30.5 Å². The van der Waals surface area contributed by atoms with E-state index in [-0.39, 0.29) is 11.9 Å². The summed E-state index contributed by atoms with van der Waals surface area (Å²) < 4.78 is 5.56. The molecule has 3 heterocycles. The van der Waals surface area contributed by atoms with Gasteiger partial charge in [0.05, 0.1) is 5.39 Å². The number of H-pyrrole nitrogens is 1. The molecule has 0 radical (unpaired) electrons. The summed E-state index contributed by atoms with van der Waals surface area (Å²) in [5.74, 6) is 0.611. The zero-order valence-electron chi connectivity index (χ0n) is 24.7. The molecular formula is C30H42ClN7O3. The van der Waals surface area contributed by atoms with Gasteiger partial charge in [-0.25, -0.2) is 14.8 Å². The highest BCUT2D eigenvalue weighted by Gasteiger charge is 2.44. The quantitative estimate of drug-likeness (QED) is 0.305. The summed E-state index contributed by atoms with van der Waals surface area (Å²) in [5.41, 5.74) is 0.135. The van der Waals surface area contributed by atoms with Crippen LogP contribution < -0.4 is 15.5 Å². The number of aromatic amines is 1. The first-order valence-electron chi connectivity index (χ1n) is 14.4. The molecule has 222 valence electrons. The van der Waals surface area contributed by atoms with Crippen LogP contribution in [0.2, 0.25) is 5.02 Å². The van der Waals surface area contributed by atoms with Crippen molar-refractivity contribution in [3.63, 3.8) is 0 Å². The van der Waals surface area contributed by atoms with E-state index in [2.05, 4.69) is 49.2 Å². The normalized spacial score (nSPS) is 16.0. The number of halogens is 1. The minimum atomic E-state index is -1.10. The monoisotopic (exact) mass is 583 g/mol. The number of alkyl carbamates (subject to hydrolysis) is 1. The summed E-state index contributed by atoms with van der Waals surface area (Å²) >= 11 is 6.14. The van der Waals surface area contributed by atoms with Crippen LogP contribution in [0.1, 0.15) is 65.5 Å². The van der Waals surface area contributed by atoms with Crippen molar-refractivity contribution in [3.8, 4) is 0 Å². The molecule has 1 aliphatic rings. The summed E-state index contributed by atoms with van der Waals surface area (Å²) in [5, 5.41) is 7.72. The summed E-state index contributed by atoms with van der Waals surface area (Å²) in [6.07, 6.45) is 4.31. The highest BCUT2D eigenvalue weighted by atomic mass is 35.5. The van der Waals surface area contributed by atoms with Crippen molar-refractivity contribution in [3.05, 3.63) is 53.4 Å². The zero-order valence-corrected chi connectivity index (χ0v) is 25.4. The maximum Gasteiger partial charge on any atom is 0.408 e. The molecule has 11 heteroatoms. The zero-order chi connectivity index (χ0) is 29.6. The first-order valence-corrected chi connectivity index (χ1v) is 14.7. The number of carbonyl (C=O) groups is 2. The van der Waals surface area contributed by atoms with E-state index in [1.54, 1.807) is 0 Å². The molecule has 0 saturated carbocycles. The number of piperidine rings is 1. The fourth-order valence-corrected chi connectivity index (χ4v) is 5.65. The second-order valence-corrected chi connectivity index (χ2v) is 11.9. The van der Waals surface area contributed by atoms with Gasteiger partial charge in [0.15, 0.2) is 0 Å². The van der Waals surface area contributed by atoms with E-state index in [1.807, 2.05) is 57.3 Å². The molecule has 2 aromatic heterocycles. The molecule has 3 N–H and O–H groups in total. The van der Waals surface area contributed by atoms with Crippen molar-refractivity contribution in [2.45, 2.75) is 71.1 Å². The van der Waals surface area contributed by atoms with Crippen LogP contribution in [0, 0.1) is 0 Å². The Morgan fingerprint density at radius 1 is 1.12 bits per heavy atom. The summed E-state index contributed by atoms with van der Waals surface area (Å²) in [6.45, 7) is 13.0. The first kappa shape index (κ1) is 30.6. The van der Waals surface area contributed by atoms with Gasteiger partial charge in [-0.2, -0.15) is 0 Å². The number of amides is 2. The van der Waals surface area contributed by atoms with Crippen molar-refractivity contribution in [1.29, 1.82) is 0 Å². The highest BCUT2D eigenvalue weighted by Crippen LogP contribution is 2.30. The van der Waals surface area contributed by atoms with Crippen molar-refractivity contribution in [2.75, 3.05) is 37.6 Å². The predicted octanol–water partition coefficient (Wildman–Crippen LogP) is 5.06. The number of rotatable bonds is 10. The molecule has 41 heavy (non-hydrogen) atoms. The molecule has 4 rings (SSSR count). The molecule has 1 saturated heterocycles. The predicted molar refractivity (Wildman–Crippen MR) is 162 cm³/mol. The molecule has 0 bridgehead atoms. The standard InChI is InChI=1S/C30H42ClN7O3/c1-6-37(7-2)24(21-8-10-22(31)11-9-21)13-17-33-27(39)30(36-28(40)41-29(3,4)5)14-18-38(19-15-30)26-23-12-16-32-25(23)34-20-35-26/h8-12,16,20,24H,6-7,13-15,17-19H2,1-5H3,(H,33,39)(H,36,40)(H,32,34,35). The minimum absolute atomic E-state index is 0.126. The van der Waals surface area contributed by atoms with E-state index in [0.717, 1.165) is 41.9 Å². The number of nitrogens with one attached hydrogen (secondary N) is 3. The fraction of sp³-hybridized carbons (Fsp3) is 0.533. The number of hydrogen-bond donors (Lipinski definition) is 3. The average molecular weight is 584 g/mol. The van der Waals surface area contributed by atoms with E-state index in [1.165, 1.54) is 6.33 Å². The molecular weight excluding hydrogens is 542 g/mol. The summed E-state index contributed by atoms with van der Waals surface area (Å²) in [4.78, 5) is 43.2. The second-order valence-electron chi connectivity index (χ2n) is 11.5. The van der Waals surface area contributed by atoms with Gasteiger partial charge in [-0.1, -0.05) is 37.6 Å². The minimum Gasteiger partial charge on any atom is -0.444 e. The average Bonchev–Trinajstić information content (AvgIpc) is 3.42. The van der Waals surface area contributed by atoms with Crippen LogP contribution in [0.15, 0.2) is 42.9 Å². The van der Waals surface area contributed by atoms with Crippen LogP contribution in [0.5, 0.6) is 0 Å². The Morgan fingerprint density at radius 3 is 2.44 bits per heavy atom. The Hall–Kier alpha value is -3.37. The van der Waals surface area contributed by atoms with E-state index in [9.17, 15) is 9.59 Å². The summed E-state index contributed by atoms with van der Waals surface area (Å²) in [7, 11) is 0. The molecule has 0 aliphatic carbocycles. The fourth-order valence-electron chi connectivity index (χ4n) is 5.52. The number of aromatic nitrogens is 3. The smallest absolute Gasteiger partial charge is 0.408 e. The van der Waals surface area contributed by atoms with Gasteiger partial charge in [-0.05, 0) is 76.9 Å². The number of anilines is 1. The highest BCUT2D eigenvalue weighted by molar-refractivity contribution is 6.30. The van der Waals surface area contributed by atoms with Crippen LogP contribution in [0.3, 0.4) is 0 Å². The SMILES string of the molecule is CCN(CC)C(CCNC(=O)C1(NC(=O)OC(C)(C)C)CCN(c2ncnc3[nH]ccc23)CC1)c1ccc(Cl)cc1. The lowest BCUT2D eigenvalue weighted by molar-refractivity contribution is -0.128. The molecule has 10 nitrogen and oxygen atoms in total. The van der Waals surface area contributed by atoms with Crippen molar-refractivity contribution >= 4 is 40.5 Å². The third-order valence-electron chi connectivity index (χ3n) is 7.64. The van der Waals surface area contributed by atoms with Gasteiger partial charge in [0, 0.05) is 36.9 Å². The molecule has 1 unspecified atom stereocenters. The van der Waals surface area contributed by atoms with Crippen molar-refractivity contribution in [2.24, 2.45) is 0 Å². The van der Waals surface area contributed by atoms with Gasteiger partial charge in [0.2, 0.25) is 5.91 Å². The van der Waals surface area contributed by atoms with E-state index >= 15 is 0 Å². The van der Waals surface area contributed by atoms with Gasteiger partial charge in [-0.15, -0.1) is 0 Å². The first-order chi connectivity index (χ1) is 19.5. The lowest BCUT2D eigenvalue weighted by Gasteiger charge is -2.41. The number of hydrogen-bond acceptors (Lipinski definition) is 7. The maximum atomic E-state index is 13.8. The van der Waals surface area contributed by atoms with Crippen LogP contribution in [-0.4, -0.2) is 75.7 Å². The molecule has 3 aromatic rings. The topological polar surface area (TPSA) is 115 Å². The molecule has 1 aliphatic heterocycles. The lowest BCUT2D eigenvalue weighted by atomic mass is 9.86. The van der Waals surface area contributed by atoms with Crippen LogP contribution >= 0.6 is 11.6 Å². The molecule has 1 atom stereocenters. The number of nitrogens with zero attached hydrogens (tertiary/aromatic N) is 4. The van der Waals surface area contributed by atoms with E-state index in [0.29, 0.717) is 37.5 Å². The van der Waals surface area contributed by atoms with Gasteiger partial charge in [0.1, 0.15) is 28.9 Å². The number of carbonyl (C=O) groups excluding carboxylic acids is 2. The Balaban J connectivity index is 1.48. The second kappa shape index (κ2) is 13.1. The largest absolute Gasteiger partial charge is 0.444 e. The number of fused-ring (bicyclic) bond motifs is 1. The third-order valence-corrected chi connectivity index (χ3v) is 7.89. The van der Waals surface area contributed by atoms with E-state index < -0.39 is 17.2 Å². The molecule has 1 aromatic carbocycles. The Kier molecular flexibility index (Phi) is 9.76. The Morgan fingerprint density at radius 2 is 1.80 bits per heavy atom. The van der Waals surface area contributed by atoms with Crippen LogP contribution in [-0.2, 0) is 9.53 Å². The number of benzene rings is 1. The van der Waals surface area contributed by atoms with Gasteiger partial charge >= 0.3 is 6.09 Å². The molecule has 2 amide bonds. The van der Waals surface area contributed by atoms with Gasteiger partial charge in [-0.3, -0.25) is 9.69 Å². The Bertz CT molecular complexity index is 1310. The number of ether oxygens (including phenoxy) is 1. The Labute approximate surface area is 247 Å². The van der Waals surface area contributed by atoms with Crippen LogP contribution in [0.25, 0.3) is 11.0 Å². The third kappa shape index (κ3) is 7.48.